The summed E-state index contributed by atoms with van der Waals surface area (Å²) in [6, 6.07) is 5.23. The van der Waals surface area contributed by atoms with Crippen LogP contribution in [0, 0.1) is 13.8 Å². The van der Waals surface area contributed by atoms with Crippen LogP contribution in [-0.4, -0.2) is 19.1 Å². The highest BCUT2D eigenvalue weighted by Crippen LogP contribution is 2.24. The van der Waals surface area contributed by atoms with Gasteiger partial charge in [-0.1, -0.05) is 6.58 Å². The first kappa shape index (κ1) is 14.8. The number of nitrogens with one attached hydrogen (secondary N) is 1. The van der Waals surface area contributed by atoms with E-state index in [4.69, 9.17) is 9.15 Å². The van der Waals surface area contributed by atoms with E-state index in [1.54, 1.807) is 6.07 Å². The third kappa shape index (κ3) is 3.51. The van der Waals surface area contributed by atoms with Gasteiger partial charge in [0.1, 0.15) is 12.2 Å². The van der Waals surface area contributed by atoms with Gasteiger partial charge in [0, 0.05) is 35.8 Å². The Morgan fingerprint density at radius 3 is 2.81 bits per heavy atom. The molecule has 5 nitrogen and oxygen atoms in total. The lowest BCUT2D eigenvalue weighted by atomic mass is 10.1. The van der Waals surface area contributed by atoms with E-state index < -0.39 is 5.97 Å². The molecule has 0 saturated carbocycles. The molecule has 2 rings (SSSR count). The molecule has 110 valence electrons. The Hall–Kier alpha value is -2.56. The van der Waals surface area contributed by atoms with Crippen molar-refractivity contribution in [3.63, 3.8) is 0 Å². The molecule has 5 heteroatoms. The molecule has 0 bridgehead atoms. The molecule has 0 aliphatic carbocycles. The SMILES string of the molecule is C=CC(=O)OCCNc1cc2oc(=O)cc(C)c2cc1C. The second kappa shape index (κ2) is 6.26. The lowest BCUT2D eigenvalue weighted by Gasteiger charge is -2.11. The second-order valence-corrected chi connectivity index (χ2v) is 4.71. The van der Waals surface area contributed by atoms with Crippen LogP contribution in [0.3, 0.4) is 0 Å². The first-order chi connectivity index (χ1) is 10.0. The van der Waals surface area contributed by atoms with Gasteiger partial charge in [0.2, 0.25) is 0 Å². The van der Waals surface area contributed by atoms with Crippen LogP contribution >= 0.6 is 0 Å². The maximum Gasteiger partial charge on any atom is 0.336 e. The number of carbonyl (C=O) groups is 1. The van der Waals surface area contributed by atoms with Crippen LogP contribution < -0.4 is 10.9 Å². The van der Waals surface area contributed by atoms with Crippen LogP contribution in [0.25, 0.3) is 11.0 Å². The lowest BCUT2D eigenvalue weighted by molar-refractivity contribution is -0.137. The molecule has 1 aromatic heterocycles. The molecule has 0 amide bonds. The highest BCUT2D eigenvalue weighted by Gasteiger charge is 2.06. The number of hydrogen-bond donors (Lipinski definition) is 1. The van der Waals surface area contributed by atoms with Gasteiger partial charge in [0.25, 0.3) is 0 Å². The third-order valence-electron chi connectivity index (χ3n) is 3.12. The average molecular weight is 287 g/mol. The van der Waals surface area contributed by atoms with E-state index >= 15 is 0 Å². The van der Waals surface area contributed by atoms with Gasteiger partial charge in [-0.3, -0.25) is 0 Å². The van der Waals surface area contributed by atoms with Crippen LogP contribution in [0.4, 0.5) is 5.69 Å². The van der Waals surface area contributed by atoms with Gasteiger partial charge < -0.3 is 14.5 Å². The number of hydrogen-bond acceptors (Lipinski definition) is 5. The zero-order valence-corrected chi connectivity index (χ0v) is 12.1. The van der Waals surface area contributed by atoms with Crippen molar-refractivity contribution < 1.29 is 13.9 Å². The molecule has 0 unspecified atom stereocenters. The van der Waals surface area contributed by atoms with E-state index in [0.29, 0.717) is 12.1 Å². The predicted octanol–water partition coefficient (Wildman–Crippen LogP) is 2.55. The molecule has 0 atom stereocenters. The van der Waals surface area contributed by atoms with Crippen LogP contribution in [-0.2, 0) is 9.53 Å². The van der Waals surface area contributed by atoms with Crippen LogP contribution in [0.15, 0.2) is 40.1 Å². The molecule has 21 heavy (non-hydrogen) atoms. The number of esters is 1. The molecule has 1 aromatic carbocycles. The predicted molar refractivity (Wildman–Crippen MR) is 81.6 cm³/mol. The van der Waals surface area contributed by atoms with Gasteiger partial charge in [-0.15, -0.1) is 0 Å². The summed E-state index contributed by atoms with van der Waals surface area (Å²) in [7, 11) is 0. The highest BCUT2D eigenvalue weighted by atomic mass is 16.5. The highest BCUT2D eigenvalue weighted by molar-refractivity contribution is 5.85. The Morgan fingerprint density at radius 2 is 2.10 bits per heavy atom. The number of benzene rings is 1. The van der Waals surface area contributed by atoms with Crippen molar-refractivity contribution >= 4 is 22.6 Å². The summed E-state index contributed by atoms with van der Waals surface area (Å²) in [6.07, 6.45) is 1.12. The summed E-state index contributed by atoms with van der Waals surface area (Å²) in [5.41, 5.74) is 2.92. The van der Waals surface area contributed by atoms with Gasteiger partial charge in [-0.25, -0.2) is 9.59 Å². The van der Waals surface area contributed by atoms with Gasteiger partial charge in [-0.2, -0.15) is 0 Å². The summed E-state index contributed by atoms with van der Waals surface area (Å²) in [4.78, 5) is 22.3. The van der Waals surface area contributed by atoms with Crippen LogP contribution in [0.1, 0.15) is 11.1 Å². The monoisotopic (exact) mass is 287 g/mol. The number of aryl methyl sites for hydroxylation is 2. The Balaban J connectivity index is 2.17. The molecule has 0 aliphatic rings. The Labute approximate surface area is 122 Å². The standard InChI is InChI=1S/C16H17NO4/c1-4-15(18)20-6-5-17-13-9-14-12(7-11(13)3)10(2)8-16(19)21-14/h4,7-9,17H,1,5-6H2,2-3H3. The van der Waals surface area contributed by atoms with Gasteiger partial charge in [-0.05, 0) is 31.0 Å². The molecule has 0 saturated heterocycles. The minimum Gasteiger partial charge on any atom is -0.461 e. The van der Waals surface area contributed by atoms with Crippen LogP contribution in [0.5, 0.6) is 0 Å². The number of fused-ring (bicyclic) bond motifs is 1. The van der Waals surface area contributed by atoms with Gasteiger partial charge in [0.05, 0.1) is 0 Å². The number of ether oxygens (including phenoxy) is 1. The molecule has 1 N–H and O–H groups in total. The lowest BCUT2D eigenvalue weighted by Crippen LogP contribution is -2.13. The van der Waals surface area contributed by atoms with E-state index in [9.17, 15) is 9.59 Å². The van der Waals surface area contributed by atoms with Crippen molar-refractivity contribution in [2.45, 2.75) is 13.8 Å². The Kier molecular flexibility index (Phi) is 4.42. The second-order valence-electron chi connectivity index (χ2n) is 4.71. The first-order valence-electron chi connectivity index (χ1n) is 6.59. The summed E-state index contributed by atoms with van der Waals surface area (Å²) < 4.78 is 10.1. The van der Waals surface area contributed by atoms with Crippen molar-refractivity contribution in [2.24, 2.45) is 0 Å². The molecular formula is C16H17NO4. The summed E-state index contributed by atoms with van der Waals surface area (Å²) in [5, 5.41) is 4.06. The summed E-state index contributed by atoms with van der Waals surface area (Å²) in [6.45, 7) is 7.86. The van der Waals surface area contributed by atoms with E-state index in [1.165, 1.54) is 6.07 Å². The molecule has 2 aromatic rings. The minimum atomic E-state index is -0.450. The zero-order chi connectivity index (χ0) is 15.4. The van der Waals surface area contributed by atoms with Crippen molar-refractivity contribution in [1.82, 2.24) is 0 Å². The fraction of sp³-hybridized carbons (Fsp3) is 0.250. The molecule has 0 radical (unpaired) electrons. The average Bonchev–Trinajstić information content (AvgIpc) is 2.44. The normalized spacial score (nSPS) is 10.4. The van der Waals surface area contributed by atoms with Crippen molar-refractivity contribution in [2.75, 3.05) is 18.5 Å². The fourth-order valence-electron chi connectivity index (χ4n) is 2.06. The maximum absolute atomic E-state index is 11.4. The van der Waals surface area contributed by atoms with Crippen molar-refractivity contribution in [3.05, 3.63) is 52.4 Å². The van der Waals surface area contributed by atoms with Gasteiger partial charge in [0.15, 0.2) is 0 Å². The molecule has 1 heterocycles. The number of anilines is 1. The smallest absolute Gasteiger partial charge is 0.336 e. The van der Waals surface area contributed by atoms with Gasteiger partial charge >= 0.3 is 11.6 Å². The zero-order valence-electron chi connectivity index (χ0n) is 12.1. The molecule has 0 aliphatic heterocycles. The third-order valence-corrected chi connectivity index (χ3v) is 3.12. The van der Waals surface area contributed by atoms with E-state index in [0.717, 1.165) is 28.3 Å². The number of carbonyl (C=O) groups excluding carboxylic acids is 1. The topological polar surface area (TPSA) is 68.5 Å². The van der Waals surface area contributed by atoms with Crippen molar-refractivity contribution in [3.8, 4) is 0 Å². The summed E-state index contributed by atoms with van der Waals surface area (Å²) in [5.74, 6) is -0.450. The van der Waals surface area contributed by atoms with E-state index in [1.807, 2.05) is 19.9 Å². The largest absolute Gasteiger partial charge is 0.461 e. The maximum atomic E-state index is 11.4. The summed E-state index contributed by atoms with van der Waals surface area (Å²) >= 11 is 0. The van der Waals surface area contributed by atoms with Crippen LogP contribution in [0.2, 0.25) is 0 Å². The first-order valence-corrected chi connectivity index (χ1v) is 6.59. The van der Waals surface area contributed by atoms with E-state index in [2.05, 4.69) is 11.9 Å². The molecular weight excluding hydrogens is 270 g/mol. The quantitative estimate of drug-likeness (QED) is 0.396. The Bertz CT molecular complexity index is 746. The fourth-order valence-corrected chi connectivity index (χ4v) is 2.06. The Morgan fingerprint density at radius 1 is 1.33 bits per heavy atom. The van der Waals surface area contributed by atoms with E-state index in [-0.39, 0.29) is 12.2 Å². The molecule has 0 spiro atoms. The minimum absolute atomic E-state index is 0.236. The van der Waals surface area contributed by atoms with Crippen molar-refractivity contribution in [1.29, 1.82) is 0 Å². The number of rotatable bonds is 5. The molecule has 0 fully saturated rings.